The number of aromatic amines is 1. The summed E-state index contributed by atoms with van der Waals surface area (Å²) < 4.78 is 0. The van der Waals surface area contributed by atoms with Crippen molar-refractivity contribution >= 4 is 17.3 Å². The van der Waals surface area contributed by atoms with Crippen LogP contribution in [0, 0.1) is 5.92 Å². The summed E-state index contributed by atoms with van der Waals surface area (Å²) in [7, 11) is 0. The summed E-state index contributed by atoms with van der Waals surface area (Å²) in [6.07, 6.45) is 6.46. The van der Waals surface area contributed by atoms with Crippen molar-refractivity contribution in [1.29, 1.82) is 0 Å². The van der Waals surface area contributed by atoms with Gasteiger partial charge in [-0.05, 0) is 49.6 Å². The number of nitrogens with zero attached hydrogens (tertiary/aromatic N) is 2. The summed E-state index contributed by atoms with van der Waals surface area (Å²) in [5.41, 5.74) is 2.41. The number of benzene rings is 1. The zero-order valence-electron chi connectivity index (χ0n) is 12.1. The van der Waals surface area contributed by atoms with E-state index in [1.54, 1.807) is 0 Å². The van der Waals surface area contributed by atoms with Crippen molar-refractivity contribution in [2.45, 2.75) is 19.4 Å². The van der Waals surface area contributed by atoms with Gasteiger partial charge in [-0.25, -0.2) is 0 Å². The molecule has 1 aliphatic heterocycles. The van der Waals surface area contributed by atoms with E-state index in [1.165, 1.54) is 24.9 Å². The Kier molecular flexibility index (Phi) is 4.78. The highest BCUT2D eigenvalue weighted by Crippen LogP contribution is 2.20. The third-order valence-electron chi connectivity index (χ3n) is 4.00. The van der Waals surface area contributed by atoms with E-state index in [1.807, 2.05) is 36.7 Å². The summed E-state index contributed by atoms with van der Waals surface area (Å²) in [6.45, 7) is 4.34. The maximum Gasteiger partial charge on any atom is 0.0532 e. The van der Waals surface area contributed by atoms with Crippen LogP contribution in [0.2, 0.25) is 5.02 Å². The number of likely N-dealkylation sites (tertiary alicyclic amines) is 1. The minimum absolute atomic E-state index is 0.696. The van der Waals surface area contributed by atoms with Crippen LogP contribution in [0.25, 0.3) is 0 Å². The number of piperidine rings is 1. The Morgan fingerprint density at radius 3 is 2.95 bits per heavy atom. The van der Waals surface area contributed by atoms with Crippen LogP contribution in [0.1, 0.15) is 18.4 Å². The first-order valence-electron chi connectivity index (χ1n) is 7.49. The van der Waals surface area contributed by atoms with Gasteiger partial charge >= 0.3 is 0 Å². The maximum atomic E-state index is 5.91. The fourth-order valence-corrected chi connectivity index (χ4v) is 3.04. The van der Waals surface area contributed by atoms with Crippen LogP contribution in [0.4, 0.5) is 5.69 Å². The first-order valence-corrected chi connectivity index (χ1v) is 7.87. The van der Waals surface area contributed by atoms with Gasteiger partial charge in [-0.15, -0.1) is 0 Å². The zero-order valence-corrected chi connectivity index (χ0v) is 12.8. The third kappa shape index (κ3) is 4.22. The predicted octanol–water partition coefficient (Wildman–Crippen LogP) is 3.39. The molecule has 112 valence electrons. The number of nitrogens with one attached hydrogen (secondary N) is 2. The lowest BCUT2D eigenvalue weighted by molar-refractivity contribution is 0.173. The average Bonchev–Trinajstić information content (AvgIpc) is 3.00. The van der Waals surface area contributed by atoms with Crippen molar-refractivity contribution in [2.24, 2.45) is 5.92 Å². The smallest absolute Gasteiger partial charge is 0.0532 e. The van der Waals surface area contributed by atoms with Gasteiger partial charge in [0, 0.05) is 42.1 Å². The molecule has 1 aliphatic rings. The normalized spacial score (nSPS) is 19.6. The highest BCUT2D eigenvalue weighted by molar-refractivity contribution is 6.30. The standard InChI is InChI=1S/C16H21ClN4/c17-15-3-5-16(6-4-15)18-8-13-2-1-7-21(11-13)12-14-9-19-20-10-14/h3-6,9-10,13,18H,1-2,7-8,11-12H2,(H,19,20). The molecule has 3 rings (SSSR count). The summed E-state index contributed by atoms with van der Waals surface area (Å²) in [5.74, 6) is 0.696. The van der Waals surface area contributed by atoms with Crippen LogP contribution in [0.5, 0.6) is 0 Å². The molecule has 2 aromatic rings. The molecule has 1 atom stereocenters. The van der Waals surface area contributed by atoms with Gasteiger partial charge in [0.25, 0.3) is 0 Å². The topological polar surface area (TPSA) is 44.0 Å². The van der Waals surface area contributed by atoms with Crippen molar-refractivity contribution in [3.05, 3.63) is 47.2 Å². The van der Waals surface area contributed by atoms with E-state index in [4.69, 9.17) is 11.6 Å². The van der Waals surface area contributed by atoms with E-state index >= 15 is 0 Å². The number of hydrogen-bond acceptors (Lipinski definition) is 3. The first kappa shape index (κ1) is 14.4. The number of rotatable bonds is 5. The minimum Gasteiger partial charge on any atom is -0.385 e. The average molecular weight is 305 g/mol. The molecule has 1 saturated heterocycles. The highest BCUT2D eigenvalue weighted by atomic mass is 35.5. The molecule has 0 saturated carbocycles. The Hall–Kier alpha value is -1.52. The van der Waals surface area contributed by atoms with Crippen LogP contribution < -0.4 is 5.32 Å². The molecule has 5 heteroatoms. The third-order valence-corrected chi connectivity index (χ3v) is 4.26. The molecule has 1 aromatic carbocycles. The summed E-state index contributed by atoms with van der Waals surface area (Å²) in [6, 6.07) is 7.93. The largest absolute Gasteiger partial charge is 0.385 e. The lowest BCUT2D eigenvalue weighted by atomic mass is 9.97. The second-order valence-electron chi connectivity index (χ2n) is 5.74. The van der Waals surface area contributed by atoms with Crippen LogP contribution >= 0.6 is 11.6 Å². The molecular weight excluding hydrogens is 284 g/mol. The van der Waals surface area contributed by atoms with E-state index < -0.39 is 0 Å². The van der Waals surface area contributed by atoms with Gasteiger partial charge in [-0.3, -0.25) is 10.00 Å². The molecule has 21 heavy (non-hydrogen) atoms. The lowest BCUT2D eigenvalue weighted by Gasteiger charge is -2.32. The maximum absolute atomic E-state index is 5.91. The van der Waals surface area contributed by atoms with E-state index in [2.05, 4.69) is 20.4 Å². The molecule has 0 bridgehead atoms. The minimum atomic E-state index is 0.696. The van der Waals surface area contributed by atoms with Gasteiger partial charge in [-0.2, -0.15) is 5.10 Å². The van der Waals surface area contributed by atoms with Crippen molar-refractivity contribution < 1.29 is 0 Å². The molecule has 0 amide bonds. The van der Waals surface area contributed by atoms with Crippen LogP contribution in [0.15, 0.2) is 36.7 Å². The van der Waals surface area contributed by atoms with Gasteiger partial charge in [0.1, 0.15) is 0 Å². The van der Waals surface area contributed by atoms with Gasteiger partial charge in [0.05, 0.1) is 6.20 Å². The van der Waals surface area contributed by atoms with Crippen molar-refractivity contribution in [3.63, 3.8) is 0 Å². The number of aromatic nitrogens is 2. The quantitative estimate of drug-likeness (QED) is 0.890. The molecule has 2 N–H and O–H groups in total. The van der Waals surface area contributed by atoms with Gasteiger partial charge in [-0.1, -0.05) is 11.6 Å². The molecule has 1 aromatic heterocycles. The monoisotopic (exact) mass is 304 g/mol. The Morgan fingerprint density at radius 1 is 1.33 bits per heavy atom. The van der Waals surface area contributed by atoms with E-state index in [-0.39, 0.29) is 0 Å². The summed E-state index contributed by atoms with van der Waals surface area (Å²) in [4.78, 5) is 2.52. The van der Waals surface area contributed by atoms with Crippen molar-refractivity contribution in [3.8, 4) is 0 Å². The Labute approximate surface area is 130 Å². The lowest BCUT2D eigenvalue weighted by Crippen LogP contribution is -2.37. The molecule has 0 radical (unpaired) electrons. The fraction of sp³-hybridized carbons (Fsp3) is 0.438. The van der Waals surface area contributed by atoms with E-state index in [9.17, 15) is 0 Å². The fourth-order valence-electron chi connectivity index (χ4n) is 2.91. The molecular formula is C16H21ClN4. The number of H-pyrrole nitrogens is 1. The second kappa shape index (κ2) is 6.96. The molecule has 1 unspecified atom stereocenters. The number of halogens is 1. The first-order chi connectivity index (χ1) is 10.3. The SMILES string of the molecule is Clc1ccc(NCC2CCCN(Cc3cn[nH]c3)C2)cc1. The van der Waals surface area contributed by atoms with Crippen molar-refractivity contribution in [1.82, 2.24) is 15.1 Å². The zero-order chi connectivity index (χ0) is 14.5. The van der Waals surface area contributed by atoms with Crippen molar-refractivity contribution in [2.75, 3.05) is 25.0 Å². The predicted molar refractivity (Wildman–Crippen MR) is 86.5 cm³/mol. The molecule has 4 nitrogen and oxygen atoms in total. The van der Waals surface area contributed by atoms with E-state index in [0.717, 1.165) is 30.3 Å². The van der Waals surface area contributed by atoms with Gasteiger partial charge in [0.15, 0.2) is 0 Å². The number of anilines is 1. The second-order valence-corrected chi connectivity index (χ2v) is 6.17. The Morgan fingerprint density at radius 2 is 2.19 bits per heavy atom. The summed E-state index contributed by atoms with van der Waals surface area (Å²) >= 11 is 5.91. The Bertz CT molecular complexity index is 538. The molecule has 0 spiro atoms. The van der Waals surface area contributed by atoms with Crippen LogP contribution in [0.3, 0.4) is 0 Å². The highest BCUT2D eigenvalue weighted by Gasteiger charge is 2.19. The molecule has 2 heterocycles. The molecule has 0 aliphatic carbocycles. The Balaban J connectivity index is 1.48. The van der Waals surface area contributed by atoms with Crippen LogP contribution in [-0.4, -0.2) is 34.7 Å². The van der Waals surface area contributed by atoms with E-state index in [0.29, 0.717) is 5.92 Å². The van der Waals surface area contributed by atoms with Gasteiger partial charge in [0.2, 0.25) is 0 Å². The van der Waals surface area contributed by atoms with Gasteiger partial charge < -0.3 is 5.32 Å². The summed E-state index contributed by atoms with van der Waals surface area (Å²) in [5, 5.41) is 11.2. The molecule has 1 fully saturated rings. The number of hydrogen-bond donors (Lipinski definition) is 2. The van der Waals surface area contributed by atoms with Crippen LogP contribution in [-0.2, 0) is 6.54 Å².